The lowest BCUT2D eigenvalue weighted by Crippen LogP contribution is -2.06. The molecule has 0 spiro atoms. The number of alkyl halides is 1. The number of ether oxygens (including phenoxy) is 1. The van der Waals surface area contributed by atoms with Crippen LogP contribution in [0.4, 0.5) is 17.6 Å². The Kier molecular flexibility index (Phi) is 5.59. The lowest BCUT2D eigenvalue weighted by Gasteiger charge is -2.13. The third-order valence-electron chi connectivity index (χ3n) is 4.41. The quantitative estimate of drug-likeness (QED) is 0.531. The predicted octanol–water partition coefficient (Wildman–Crippen LogP) is 5.27. The van der Waals surface area contributed by atoms with Gasteiger partial charge in [0.15, 0.2) is 0 Å². The van der Waals surface area contributed by atoms with Crippen LogP contribution in [0.1, 0.15) is 29.5 Å². The van der Waals surface area contributed by atoms with Crippen molar-refractivity contribution >= 4 is 17.6 Å². The van der Waals surface area contributed by atoms with Crippen LogP contribution in [0.5, 0.6) is 5.75 Å². The van der Waals surface area contributed by atoms with E-state index in [1.807, 2.05) is 0 Å². The summed E-state index contributed by atoms with van der Waals surface area (Å²) < 4.78 is 61.9. The molecule has 2 aromatic carbocycles. The van der Waals surface area contributed by atoms with Gasteiger partial charge in [-0.3, -0.25) is 4.79 Å². The molecule has 28 heavy (non-hydrogen) atoms. The molecule has 7 heteroatoms. The molecule has 1 unspecified atom stereocenters. The fourth-order valence-electron chi connectivity index (χ4n) is 3.06. The monoisotopic (exact) mass is 387 g/mol. The molecule has 142 valence electrons. The van der Waals surface area contributed by atoms with Crippen molar-refractivity contribution in [1.29, 1.82) is 5.26 Å². The molecule has 0 amide bonds. The molecular formula is C21H13F4NO2. The maximum absolute atomic E-state index is 14.8. The highest BCUT2D eigenvalue weighted by Gasteiger charge is 2.25. The number of nitriles is 1. The first-order valence-corrected chi connectivity index (χ1v) is 8.29. The average Bonchev–Trinajstić information content (AvgIpc) is 2.80. The van der Waals surface area contributed by atoms with Gasteiger partial charge in [-0.15, -0.1) is 0 Å². The molecule has 1 aliphatic rings. The molecule has 0 bridgehead atoms. The van der Waals surface area contributed by atoms with Crippen molar-refractivity contribution < 1.29 is 27.1 Å². The SMILES string of the molecule is N#Cc1c(F)cc(C2=C(F)C=C(c3ccc(OC=O)cc3)CCC2F)cc1F. The number of carbonyl (C=O) groups is 1. The van der Waals surface area contributed by atoms with Crippen LogP contribution in [0.25, 0.3) is 11.1 Å². The van der Waals surface area contributed by atoms with E-state index in [1.54, 1.807) is 12.1 Å². The van der Waals surface area contributed by atoms with E-state index in [0.29, 0.717) is 16.9 Å². The second-order valence-corrected chi connectivity index (χ2v) is 6.10. The maximum Gasteiger partial charge on any atom is 0.298 e. The number of allylic oxidation sites excluding steroid dienone is 4. The summed E-state index contributed by atoms with van der Waals surface area (Å²) in [7, 11) is 0. The van der Waals surface area contributed by atoms with E-state index in [1.165, 1.54) is 18.2 Å². The molecule has 0 radical (unpaired) electrons. The molecule has 3 nitrogen and oxygen atoms in total. The van der Waals surface area contributed by atoms with Crippen LogP contribution in [0.2, 0.25) is 0 Å². The summed E-state index contributed by atoms with van der Waals surface area (Å²) in [6.07, 6.45) is -0.561. The maximum atomic E-state index is 14.8. The van der Waals surface area contributed by atoms with Gasteiger partial charge in [0.1, 0.15) is 41.0 Å². The van der Waals surface area contributed by atoms with Crippen LogP contribution >= 0.6 is 0 Å². The minimum absolute atomic E-state index is 0.0928. The molecule has 0 saturated heterocycles. The number of carbonyl (C=O) groups excluding carboxylic acids is 1. The summed E-state index contributed by atoms with van der Waals surface area (Å²) in [6, 6.07) is 9.10. The van der Waals surface area contributed by atoms with Gasteiger partial charge >= 0.3 is 0 Å². The van der Waals surface area contributed by atoms with E-state index in [-0.39, 0.29) is 24.9 Å². The van der Waals surface area contributed by atoms with E-state index in [2.05, 4.69) is 4.74 Å². The summed E-state index contributed by atoms with van der Waals surface area (Å²) in [6.45, 7) is 0.276. The molecule has 0 fully saturated rings. The van der Waals surface area contributed by atoms with E-state index < -0.39 is 34.8 Å². The van der Waals surface area contributed by atoms with Gasteiger partial charge < -0.3 is 4.74 Å². The Labute approximate surface area is 158 Å². The molecule has 1 aliphatic carbocycles. The average molecular weight is 387 g/mol. The van der Waals surface area contributed by atoms with E-state index >= 15 is 0 Å². The number of hydrogen-bond acceptors (Lipinski definition) is 3. The topological polar surface area (TPSA) is 50.1 Å². The van der Waals surface area contributed by atoms with E-state index in [4.69, 9.17) is 5.26 Å². The third kappa shape index (κ3) is 3.81. The molecule has 1 atom stereocenters. The first-order chi connectivity index (χ1) is 13.4. The van der Waals surface area contributed by atoms with E-state index in [9.17, 15) is 22.4 Å². The van der Waals surface area contributed by atoms with Crippen molar-refractivity contribution in [2.24, 2.45) is 0 Å². The van der Waals surface area contributed by atoms with Crippen molar-refractivity contribution in [3.8, 4) is 11.8 Å². The van der Waals surface area contributed by atoms with Crippen LogP contribution in [-0.4, -0.2) is 12.6 Å². The highest BCUT2D eigenvalue weighted by molar-refractivity contribution is 5.79. The van der Waals surface area contributed by atoms with Gasteiger partial charge in [-0.25, -0.2) is 17.6 Å². The number of rotatable bonds is 4. The Bertz CT molecular complexity index is 997. The van der Waals surface area contributed by atoms with Gasteiger partial charge in [-0.1, -0.05) is 12.1 Å². The molecule has 0 N–H and O–H groups in total. The van der Waals surface area contributed by atoms with Crippen LogP contribution in [0, 0.1) is 23.0 Å². The zero-order chi connectivity index (χ0) is 20.3. The van der Waals surface area contributed by atoms with Gasteiger partial charge in [0.05, 0.1) is 0 Å². The second kappa shape index (κ2) is 8.09. The zero-order valence-electron chi connectivity index (χ0n) is 14.4. The normalized spacial score (nSPS) is 16.8. The number of benzene rings is 2. The van der Waals surface area contributed by atoms with E-state index in [0.717, 1.165) is 18.2 Å². The molecular weight excluding hydrogens is 374 g/mol. The van der Waals surface area contributed by atoms with Crippen molar-refractivity contribution in [3.05, 3.63) is 76.6 Å². The van der Waals surface area contributed by atoms with Crippen LogP contribution in [0.3, 0.4) is 0 Å². The van der Waals surface area contributed by atoms with Gasteiger partial charge in [0.25, 0.3) is 6.47 Å². The lowest BCUT2D eigenvalue weighted by molar-refractivity contribution is -0.120. The summed E-state index contributed by atoms with van der Waals surface area (Å²) in [5.74, 6) is -3.00. The fourth-order valence-corrected chi connectivity index (χ4v) is 3.06. The highest BCUT2D eigenvalue weighted by Crippen LogP contribution is 2.37. The molecule has 0 aliphatic heterocycles. The lowest BCUT2D eigenvalue weighted by atomic mass is 9.96. The smallest absolute Gasteiger partial charge is 0.298 e. The summed E-state index contributed by atoms with van der Waals surface area (Å²) in [5.41, 5.74) is -0.464. The molecule has 0 aromatic heterocycles. The zero-order valence-corrected chi connectivity index (χ0v) is 14.4. The number of nitrogens with zero attached hydrogens (tertiary/aromatic N) is 1. The number of halogens is 4. The Hall–Kier alpha value is -3.40. The largest absolute Gasteiger partial charge is 0.429 e. The third-order valence-corrected chi connectivity index (χ3v) is 4.41. The predicted molar refractivity (Wildman–Crippen MR) is 94.3 cm³/mol. The first-order valence-electron chi connectivity index (χ1n) is 8.29. The molecule has 3 rings (SSSR count). The Morgan fingerprint density at radius 1 is 1.07 bits per heavy atom. The summed E-state index contributed by atoms with van der Waals surface area (Å²) in [4.78, 5) is 10.3. The number of hydrogen-bond donors (Lipinski definition) is 0. The Morgan fingerprint density at radius 2 is 1.71 bits per heavy atom. The summed E-state index contributed by atoms with van der Waals surface area (Å²) >= 11 is 0. The fraction of sp³-hybridized carbons (Fsp3) is 0.143. The molecule has 0 saturated carbocycles. The summed E-state index contributed by atoms with van der Waals surface area (Å²) in [5, 5.41) is 8.74. The van der Waals surface area contributed by atoms with Crippen molar-refractivity contribution in [1.82, 2.24) is 0 Å². The Balaban J connectivity index is 2.03. The van der Waals surface area contributed by atoms with Gasteiger partial charge in [-0.05, 0) is 59.9 Å². The highest BCUT2D eigenvalue weighted by atomic mass is 19.1. The first kappa shape index (κ1) is 19.4. The minimum Gasteiger partial charge on any atom is -0.429 e. The Morgan fingerprint density at radius 3 is 2.29 bits per heavy atom. The van der Waals surface area contributed by atoms with Crippen molar-refractivity contribution in [2.75, 3.05) is 0 Å². The van der Waals surface area contributed by atoms with Crippen LogP contribution < -0.4 is 4.74 Å². The molecule has 0 heterocycles. The van der Waals surface area contributed by atoms with Gasteiger partial charge in [0, 0.05) is 5.57 Å². The molecule has 2 aromatic rings. The van der Waals surface area contributed by atoms with Gasteiger partial charge in [-0.2, -0.15) is 5.26 Å². The minimum atomic E-state index is -1.78. The standard InChI is InChI=1S/C21H13F4NO2/c22-17-6-3-13(12-1-4-15(5-2-12)28-11-27)7-20(25)21(17)14-8-18(23)16(10-26)19(24)9-14/h1-2,4-5,7-9,11,17H,3,6H2. The van der Waals surface area contributed by atoms with Crippen molar-refractivity contribution in [3.63, 3.8) is 0 Å². The van der Waals surface area contributed by atoms with Crippen molar-refractivity contribution in [2.45, 2.75) is 19.0 Å². The van der Waals surface area contributed by atoms with Gasteiger partial charge in [0.2, 0.25) is 0 Å². The second-order valence-electron chi connectivity index (χ2n) is 6.10. The van der Waals surface area contributed by atoms with Crippen LogP contribution in [0.15, 0.2) is 48.3 Å². The van der Waals surface area contributed by atoms with Crippen LogP contribution in [-0.2, 0) is 4.79 Å².